The van der Waals surface area contributed by atoms with Crippen molar-refractivity contribution in [1.29, 1.82) is 0 Å². The number of hydrogen-bond donors (Lipinski definition) is 1. The maximum atomic E-state index is 10.9. The average Bonchev–Trinajstić information content (AvgIpc) is 1.99. The molecule has 1 N–H and O–H groups in total. The predicted molar refractivity (Wildman–Crippen MR) is 56.5 cm³/mol. The van der Waals surface area contributed by atoms with Crippen LogP contribution in [0.4, 0.5) is 0 Å². The molecular weight excluding hydrogens is 174 g/mol. The lowest BCUT2D eigenvalue weighted by molar-refractivity contribution is -0.118. The van der Waals surface area contributed by atoms with Gasteiger partial charge in [0, 0.05) is 12.6 Å². The molecular formula is C12H17NO. The number of hydrogen-bond acceptors (Lipinski definition) is 1. The molecule has 0 saturated heterocycles. The number of carbonyl (C=O) groups excluding carboxylic acids is 1. The second-order valence-corrected chi connectivity index (χ2v) is 4.60. The molecule has 0 aromatic rings. The van der Waals surface area contributed by atoms with Crippen LogP contribution >= 0.6 is 0 Å². The lowest BCUT2D eigenvalue weighted by Gasteiger charge is -2.34. The summed E-state index contributed by atoms with van der Waals surface area (Å²) in [5.41, 5.74) is 2.51. The molecule has 14 heavy (non-hydrogen) atoms. The maximum Gasteiger partial charge on any atom is 0.220 e. The monoisotopic (exact) mass is 191 g/mol. The highest BCUT2D eigenvalue weighted by Crippen LogP contribution is 2.39. The van der Waals surface area contributed by atoms with Gasteiger partial charge in [-0.15, -0.1) is 0 Å². The van der Waals surface area contributed by atoms with Crippen LogP contribution in [0.5, 0.6) is 0 Å². The molecule has 2 rings (SSSR count). The predicted octanol–water partition coefficient (Wildman–Crippen LogP) is 2.38. The summed E-state index contributed by atoms with van der Waals surface area (Å²) >= 11 is 0. The van der Waals surface area contributed by atoms with Crippen LogP contribution in [0.1, 0.15) is 32.6 Å². The van der Waals surface area contributed by atoms with Crippen LogP contribution in [0.3, 0.4) is 0 Å². The number of allylic oxidation sites excluding steroid dienone is 3. The van der Waals surface area contributed by atoms with Crippen LogP contribution in [-0.4, -0.2) is 5.91 Å². The van der Waals surface area contributed by atoms with Gasteiger partial charge in [0.2, 0.25) is 5.91 Å². The molecule has 2 atom stereocenters. The number of carbonyl (C=O) groups is 1. The van der Waals surface area contributed by atoms with Crippen LogP contribution in [0.25, 0.3) is 0 Å². The minimum absolute atomic E-state index is 0.0510. The Balaban J connectivity index is 2.08. The molecule has 0 aromatic carbocycles. The van der Waals surface area contributed by atoms with Gasteiger partial charge in [-0.1, -0.05) is 18.2 Å². The number of amides is 1. The first kappa shape index (κ1) is 9.50. The molecule has 0 radical (unpaired) electrons. The van der Waals surface area contributed by atoms with Gasteiger partial charge >= 0.3 is 0 Å². The summed E-state index contributed by atoms with van der Waals surface area (Å²) in [6, 6.07) is 0. The Morgan fingerprint density at radius 3 is 2.93 bits per heavy atom. The van der Waals surface area contributed by atoms with Gasteiger partial charge in [0.05, 0.1) is 0 Å². The molecule has 2 heteroatoms. The van der Waals surface area contributed by atoms with E-state index in [1.807, 2.05) is 0 Å². The van der Waals surface area contributed by atoms with E-state index in [1.165, 1.54) is 12.0 Å². The quantitative estimate of drug-likeness (QED) is 0.633. The Morgan fingerprint density at radius 1 is 1.50 bits per heavy atom. The standard InChI is InChI=1S/C12H17NO/c1-8-3-10-5-11(4-8)7-12(6-10)13-9(2)14/h6,10-11H,1,3-5,7H2,2H3,(H,13,14)/t10-,11+/m1/s1. The summed E-state index contributed by atoms with van der Waals surface area (Å²) < 4.78 is 0. The molecule has 0 spiro atoms. The lowest BCUT2D eigenvalue weighted by Crippen LogP contribution is -2.28. The van der Waals surface area contributed by atoms with Gasteiger partial charge in [-0.05, 0) is 37.5 Å². The van der Waals surface area contributed by atoms with Crippen molar-refractivity contribution < 1.29 is 4.79 Å². The smallest absolute Gasteiger partial charge is 0.220 e. The number of fused-ring (bicyclic) bond motifs is 2. The van der Waals surface area contributed by atoms with Gasteiger partial charge < -0.3 is 5.32 Å². The molecule has 2 nitrogen and oxygen atoms in total. The van der Waals surface area contributed by atoms with Crippen LogP contribution in [0.2, 0.25) is 0 Å². The zero-order chi connectivity index (χ0) is 10.1. The Hall–Kier alpha value is -1.05. The molecule has 76 valence electrons. The molecule has 2 aliphatic rings. The van der Waals surface area contributed by atoms with E-state index in [0.717, 1.165) is 25.0 Å². The first-order valence-electron chi connectivity index (χ1n) is 5.28. The summed E-state index contributed by atoms with van der Waals surface area (Å²) in [6.45, 7) is 5.64. The van der Waals surface area contributed by atoms with Crippen molar-refractivity contribution in [2.24, 2.45) is 11.8 Å². The highest BCUT2D eigenvalue weighted by atomic mass is 16.1. The minimum atomic E-state index is 0.0510. The fourth-order valence-corrected chi connectivity index (χ4v) is 2.72. The van der Waals surface area contributed by atoms with Gasteiger partial charge in [-0.2, -0.15) is 0 Å². The van der Waals surface area contributed by atoms with E-state index in [0.29, 0.717) is 11.8 Å². The normalized spacial score (nSPS) is 30.9. The zero-order valence-corrected chi connectivity index (χ0v) is 8.68. The molecule has 0 aliphatic heterocycles. The van der Waals surface area contributed by atoms with Crippen molar-refractivity contribution in [3.05, 3.63) is 23.9 Å². The largest absolute Gasteiger partial charge is 0.330 e. The van der Waals surface area contributed by atoms with Crippen LogP contribution in [0.15, 0.2) is 23.9 Å². The van der Waals surface area contributed by atoms with Gasteiger partial charge in [0.1, 0.15) is 0 Å². The molecule has 0 aromatic heterocycles. The average molecular weight is 191 g/mol. The third-order valence-corrected chi connectivity index (χ3v) is 3.05. The summed E-state index contributed by atoms with van der Waals surface area (Å²) in [4.78, 5) is 10.9. The SMILES string of the molecule is C=C1C[C@H]2C=C(NC(C)=O)C[C@@H](C1)C2. The van der Waals surface area contributed by atoms with Crippen LogP contribution in [0, 0.1) is 11.8 Å². The summed E-state index contributed by atoms with van der Waals surface area (Å²) in [5.74, 6) is 1.39. The summed E-state index contributed by atoms with van der Waals surface area (Å²) in [5, 5.41) is 2.92. The van der Waals surface area contributed by atoms with Crippen molar-refractivity contribution in [2.75, 3.05) is 0 Å². The van der Waals surface area contributed by atoms with E-state index in [2.05, 4.69) is 18.0 Å². The van der Waals surface area contributed by atoms with Crippen LogP contribution < -0.4 is 5.32 Å². The first-order valence-corrected chi connectivity index (χ1v) is 5.28. The Bertz CT molecular complexity index is 303. The van der Waals surface area contributed by atoms with E-state index >= 15 is 0 Å². The van der Waals surface area contributed by atoms with Gasteiger partial charge in [-0.25, -0.2) is 0 Å². The second kappa shape index (κ2) is 3.60. The van der Waals surface area contributed by atoms with E-state index in [4.69, 9.17) is 0 Å². The van der Waals surface area contributed by atoms with Gasteiger partial charge in [0.15, 0.2) is 0 Å². The van der Waals surface area contributed by atoms with E-state index in [9.17, 15) is 4.79 Å². The third kappa shape index (κ3) is 2.06. The van der Waals surface area contributed by atoms with Crippen molar-refractivity contribution >= 4 is 5.91 Å². The molecule has 1 amide bonds. The zero-order valence-electron chi connectivity index (χ0n) is 8.68. The minimum Gasteiger partial charge on any atom is -0.330 e. The number of nitrogens with one attached hydrogen (secondary N) is 1. The molecule has 1 saturated carbocycles. The highest BCUT2D eigenvalue weighted by molar-refractivity contribution is 5.74. The first-order chi connectivity index (χ1) is 6.63. The molecule has 2 aliphatic carbocycles. The fourth-order valence-electron chi connectivity index (χ4n) is 2.72. The Kier molecular flexibility index (Phi) is 2.44. The highest BCUT2D eigenvalue weighted by Gasteiger charge is 2.28. The second-order valence-electron chi connectivity index (χ2n) is 4.60. The summed E-state index contributed by atoms with van der Waals surface area (Å²) in [7, 11) is 0. The molecule has 2 bridgehead atoms. The Morgan fingerprint density at radius 2 is 2.29 bits per heavy atom. The van der Waals surface area contributed by atoms with Gasteiger partial charge in [0.25, 0.3) is 0 Å². The topological polar surface area (TPSA) is 29.1 Å². The van der Waals surface area contributed by atoms with Crippen molar-refractivity contribution in [3.8, 4) is 0 Å². The fraction of sp³-hybridized carbons (Fsp3) is 0.583. The molecule has 0 unspecified atom stereocenters. The number of rotatable bonds is 1. The van der Waals surface area contributed by atoms with Crippen molar-refractivity contribution in [3.63, 3.8) is 0 Å². The maximum absolute atomic E-state index is 10.9. The summed E-state index contributed by atoms with van der Waals surface area (Å²) in [6.07, 6.45) is 6.78. The van der Waals surface area contributed by atoms with Crippen molar-refractivity contribution in [1.82, 2.24) is 5.32 Å². The lowest BCUT2D eigenvalue weighted by atomic mass is 9.73. The molecule has 0 heterocycles. The van der Waals surface area contributed by atoms with Crippen LogP contribution in [-0.2, 0) is 4.79 Å². The van der Waals surface area contributed by atoms with E-state index < -0.39 is 0 Å². The van der Waals surface area contributed by atoms with Crippen molar-refractivity contribution in [2.45, 2.75) is 32.6 Å². The molecule has 1 fully saturated rings. The van der Waals surface area contributed by atoms with Gasteiger partial charge in [-0.3, -0.25) is 4.79 Å². The van der Waals surface area contributed by atoms with E-state index in [1.54, 1.807) is 6.92 Å². The van der Waals surface area contributed by atoms with E-state index in [-0.39, 0.29) is 5.91 Å². The third-order valence-electron chi connectivity index (χ3n) is 3.05. The Labute approximate surface area is 85.1 Å².